The summed E-state index contributed by atoms with van der Waals surface area (Å²) in [6.45, 7) is 0.570. The van der Waals surface area contributed by atoms with E-state index in [1.54, 1.807) is 24.3 Å². The molecule has 2 aromatic carbocycles. The molecule has 0 aliphatic rings. The molecule has 0 bridgehead atoms. The monoisotopic (exact) mass is 405 g/mol. The minimum atomic E-state index is -0.780. The van der Waals surface area contributed by atoms with Crippen LogP contribution in [0.3, 0.4) is 0 Å². The Morgan fingerprint density at radius 1 is 1.13 bits per heavy atom. The van der Waals surface area contributed by atoms with Gasteiger partial charge in [0.2, 0.25) is 0 Å². The van der Waals surface area contributed by atoms with E-state index in [0.29, 0.717) is 17.9 Å². The predicted octanol–water partition coefficient (Wildman–Crippen LogP) is 4.41. The molecule has 3 aromatic rings. The first-order chi connectivity index (χ1) is 14.6. The average Bonchev–Trinajstić information content (AvgIpc) is 2.75. The lowest BCUT2D eigenvalue weighted by Gasteiger charge is -2.13. The van der Waals surface area contributed by atoms with E-state index in [0.717, 1.165) is 17.8 Å². The molecular weight excluding hydrogens is 385 g/mol. The van der Waals surface area contributed by atoms with Crippen molar-refractivity contribution in [1.29, 1.82) is 5.41 Å². The molecule has 0 radical (unpaired) electrons. The maximum atomic E-state index is 14.6. The van der Waals surface area contributed by atoms with Crippen LogP contribution in [0.15, 0.2) is 70.9 Å². The number of carbonyl (C=O) groups is 1. The molecule has 152 valence electrons. The normalized spacial score (nSPS) is 10.7. The molecule has 0 saturated carbocycles. The molecule has 3 rings (SSSR count). The number of rotatable bonds is 9. The molecule has 30 heavy (non-hydrogen) atoms. The number of primary amides is 1. The summed E-state index contributed by atoms with van der Waals surface area (Å²) in [6.07, 6.45) is 1.13. The van der Waals surface area contributed by atoms with Crippen LogP contribution >= 0.6 is 0 Å². The predicted molar refractivity (Wildman–Crippen MR) is 114 cm³/mol. The fourth-order valence-electron chi connectivity index (χ4n) is 2.63. The Labute approximate surface area is 172 Å². The number of nitrogens with two attached hydrogens (primary N) is 1. The van der Waals surface area contributed by atoms with E-state index in [1.165, 1.54) is 0 Å². The largest absolute Gasteiger partial charge is 0.365 e. The van der Waals surface area contributed by atoms with Gasteiger partial charge >= 0.3 is 0 Å². The van der Waals surface area contributed by atoms with Gasteiger partial charge in [-0.25, -0.2) is 9.37 Å². The molecule has 5 N–H and O–H groups in total. The highest BCUT2D eigenvalue weighted by Gasteiger charge is 2.16. The van der Waals surface area contributed by atoms with Gasteiger partial charge in [0.1, 0.15) is 5.82 Å². The van der Waals surface area contributed by atoms with Gasteiger partial charge in [0.05, 0.1) is 17.8 Å². The molecule has 0 spiro atoms. The minimum absolute atomic E-state index is 0.0387. The van der Waals surface area contributed by atoms with Crippen molar-refractivity contribution in [3.05, 3.63) is 77.6 Å². The lowest BCUT2D eigenvalue weighted by atomic mass is 10.2. The first kappa shape index (κ1) is 20.6. The second kappa shape index (κ2) is 9.87. The van der Waals surface area contributed by atoms with E-state index < -0.39 is 11.7 Å². The molecule has 1 heterocycles. The molecule has 0 saturated heterocycles. The number of pyridine rings is 1. The number of nitrogens with zero attached hydrogens (tertiary/aromatic N) is 3. The van der Waals surface area contributed by atoms with Gasteiger partial charge in [0, 0.05) is 18.4 Å². The third-order valence-electron chi connectivity index (χ3n) is 4.01. The number of amides is 1. The van der Waals surface area contributed by atoms with Crippen LogP contribution in [0.4, 0.5) is 27.4 Å². The number of halogens is 1. The minimum Gasteiger partial charge on any atom is -0.365 e. The third kappa shape index (κ3) is 5.44. The standard InChI is InChI=1S/C21H20FN7O/c22-18-12-17(19(24)30)20(25-13-14-5-2-1-3-6-14)28-21(18)27-15-7-4-8-16(11-15)29-26-10-9-23/h1-9,11-12,23H,10,13H2,(H2,24,30)(H2,25,27,28). The number of nitrogens with one attached hydrogen (secondary N) is 3. The maximum Gasteiger partial charge on any atom is 0.252 e. The summed E-state index contributed by atoms with van der Waals surface area (Å²) >= 11 is 0. The van der Waals surface area contributed by atoms with Crippen molar-refractivity contribution in [3.8, 4) is 0 Å². The number of hydrogen-bond acceptors (Lipinski definition) is 7. The topological polar surface area (TPSA) is 129 Å². The second-order valence-electron chi connectivity index (χ2n) is 6.22. The molecule has 9 heteroatoms. The zero-order valence-corrected chi connectivity index (χ0v) is 16.0. The second-order valence-corrected chi connectivity index (χ2v) is 6.22. The number of aromatic nitrogens is 1. The lowest BCUT2D eigenvalue weighted by Crippen LogP contribution is -2.17. The highest BCUT2D eigenvalue weighted by Crippen LogP contribution is 2.26. The molecule has 1 aromatic heterocycles. The quantitative estimate of drug-likeness (QED) is 0.310. The molecule has 0 unspecified atom stereocenters. The van der Waals surface area contributed by atoms with E-state index in [2.05, 4.69) is 25.8 Å². The molecular formula is C21H20FN7O. The van der Waals surface area contributed by atoms with Crippen LogP contribution in [0, 0.1) is 11.2 Å². The smallest absolute Gasteiger partial charge is 0.252 e. The van der Waals surface area contributed by atoms with E-state index in [1.807, 2.05) is 30.3 Å². The number of azo groups is 1. The molecule has 1 amide bonds. The molecule has 0 aliphatic heterocycles. The summed E-state index contributed by atoms with van der Waals surface area (Å²) < 4.78 is 14.6. The summed E-state index contributed by atoms with van der Waals surface area (Å²) in [6, 6.07) is 17.4. The van der Waals surface area contributed by atoms with Gasteiger partial charge in [-0.1, -0.05) is 36.4 Å². The van der Waals surface area contributed by atoms with Crippen molar-refractivity contribution in [2.45, 2.75) is 6.54 Å². The lowest BCUT2D eigenvalue weighted by molar-refractivity contribution is 0.100. The van der Waals surface area contributed by atoms with Gasteiger partial charge in [0.15, 0.2) is 11.6 Å². The summed E-state index contributed by atoms with van der Waals surface area (Å²) in [7, 11) is 0. The summed E-state index contributed by atoms with van der Waals surface area (Å²) in [5.41, 5.74) is 7.39. The molecule has 8 nitrogen and oxygen atoms in total. The van der Waals surface area contributed by atoms with Gasteiger partial charge in [-0.3, -0.25) is 4.79 Å². The Kier molecular flexibility index (Phi) is 6.78. The SMILES string of the molecule is N=CCN=Nc1cccc(Nc2nc(NCc3ccccc3)c(C(N)=O)cc2F)c1. The van der Waals surface area contributed by atoms with Crippen molar-refractivity contribution < 1.29 is 9.18 Å². The van der Waals surface area contributed by atoms with Crippen molar-refractivity contribution in [2.75, 3.05) is 17.2 Å². The Hall–Kier alpha value is -4.14. The Bertz CT molecular complexity index is 1070. The third-order valence-corrected chi connectivity index (χ3v) is 4.01. The van der Waals surface area contributed by atoms with Crippen LogP contribution in [0.2, 0.25) is 0 Å². The summed E-state index contributed by atoms with van der Waals surface area (Å²) in [5.74, 6) is -1.39. The molecule has 0 aliphatic carbocycles. The van der Waals surface area contributed by atoms with Crippen molar-refractivity contribution >= 4 is 35.1 Å². The zero-order valence-electron chi connectivity index (χ0n) is 16.0. The first-order valence-corrected chi connectivity index (χ1v) is 9.08. The highest BCUT2D eigenvalue weighted by molar-refractivity contribution is 5.98. The zero-order chi connectivity index (χ0) is 21.3. The number of anilines is 3. The van der Waals surface area contributed by atoms with Gasteiger partial charge in [0.25, 0.3) is 5.91 Å². The van der Waals surface area contributed by atoms with Crippen LogP contribution in [-0.2, 0) is 6.54 Å². The number of benzene rings is 2. The van der Waals surface area contributed by atoms with Crippen molar-refractivity contribution in [2.24, 2.45) is 16.0 Å². The van der Waals surface area contributed by atoms with Gasteiger partial charge in [-0.15, -0.1) is 0 Å². The van der Waals surface area contributed by atoms with Crippen LogP contribution in [0.5, 0.6) is 0 Å². The Balaban J connectivity index is 1.85. The fraction of sp³-hybridized carbons (Fsp3) is 0.0952. The number of hydrogen-bond donors (Lipinski definition) is 4. The Morgan fingerprint density at radius 2 is 1.93 bits per heavy atom. The van der Waals surface area contributed by atoms with Crippen LogP contribution in [0.1, 0.15) is 15.9 Å². The first-order valence-electron chi connectivity index (χ1n) is 9.08. The van der Waals surface area contributed by atoms with Gasteiger partial charge < -0.3 is 21.8 Å². The van der Waals surface area contributed by atoms with E-state index in [-0.39, 0.29) is 23.7 Å². The van der Waals surface area contributed by atoms with Crippen LogP contribution < -0.4 is 16.4 Å². The highest BCUT2D eigenvalue weighted by atomic mass is 19.1. The van der Waals surface area contributed by atoms with Crippen LogP contribution in [0.25, 0.3) is 0 Å². The van der Waals surface area contributed by atoms with E-state index in [9.17, 15) is 9.18 Å². The summed E-state index contributed by atoms with van der Waals surface area (Å²) in [5, 5.41) is 20.7. The average molecular weight is 405 g/mol. The van der Waals surface area contributed by atoms with Crippen molar-refractivity contribution in [3.63, 3.8) is 0 Å². The fourth-order valence-corrected chi connectivity index (χ4v) is 2.63. The van der Waals surface area contributed by atoms with Gasteiger partial charge in [-0.05, 0) is 29.8 Å². The molecule has 0 fully saturated rings. The van der Waals surface area contributed by atoms with Crippen LogP contribution in [-0.4, -0.2) is 23.7 Å². The van der Waals surface area contributed by atoms with Crippen molar-refractivity contribution in [1.82, 2.24) is 4.98 Å². The number of carbonyl (C=O) groups excluding carboxylic acids is 1. The summed E-state index contributed by atoms with van der Waals surface area (Å²) in [4.78, 5) is 16.0. The Morgan fingerprint density at radius 3 is 2.67 bits per heavy atom. The van der Waals surface area contributed by atoms with E-state index >= 15 is 0 Å². The molecule has 0 atom stereocenters. The maximum absolute atomic E-state index is 14.6. The van der Waals surface area contributed by atoms with E-state index in [4.69, 9.17) is 11.1 Å². The van der Waals surface area contributed by atoms with Gasteiger partial charge in [-0.2, -0.15) is 10.2 Å².